The summed E-state index contributed by atoms with van der Waals surface area (Å²) in [5.41, 5.74) is 5.31. The number of nitrogens with two attached hydrogens (primary N) is 1. The second-order valence-corrected chi connectivity index (χ2v) is 9.69. The van der Waals surface area contributed by atoms with Crippen LogP contribution in [0.1, 0.15) is 43.1 Å². The van der Waals surface area contributed by atoms with Crippen LogP contribution < -0.4 is 20.5 Å². The van der Waals surface area contributed by atoms with Crippen LogP contribution in [0.3, 0.4) is 0 Å². The smallest absolute Gasteiger partial charge is 0.275 e. The topological polar surface area (TPSA) is 104 Å². The minimum absolute atomic E-state index is 0.121. The first kappa shape index (κ1) is 19.8. The number of nitrogens with one attached hydrogen (secondary N) is 1. The van der Waals surface area contributed by atoms with Gasteiger partial charge in [-0.25, -0.2) is 9.18 Å². The number of aromatic nitrogens is 1. The molecule has 7 nitrogen and oxygen atoms in total. The van der Waals surface area contributed by atoms with Gasteiger partial charge in [-0.1, -0.05) is 6.92 Å². The Morgan fingerprint density at radius 2 is 2.28 bits per heavy atom. The van der Waals surface area contributed by atoms with Crippen molar-refractivity contribution in [2.75, 3.05) is 6.61 Å². The Morgan fingerprint density at radius 1 is 1.52 bits per heavy atom. The van der Waals surface area contributed by atoms with Crippen LogP contribution in [-0.2, 0) is 6.42 Å². The van der Waals surface area contributed by atoms with Crippen LogP contribution in [0.25, 0.3) is 10.8 Å². The van der Waals surface area contributed by atoms with Crippen LogP contribution in [0.5, 0.6) is 11.6 Å². The van der Waals surface area contributed by atoms with Crippen LogP contribution in [0.15, 0.2) is 18.3 Å². The fourth-order valence-corrected chi connectivity index (χ4v) is 5.47. The molecule has 0 spiro atoms. The zero-order valence-corrected chi connectivity index (χ0v) is 17.4. The maximum absolute atomic E-state index is 14.1. The molecule has 0 saturated carbocycles. The van der Waals surface area contributed by atoms with Gasteiger partial charge < -0.3 is 20.5 Å². The number of carbonyl (C=O) groups excluding carboxylic acids is 2. The molecule has 1 aromatic carbocycles. The number of halogens is 1. The van der Waals surface area contributed by atoms with Crippen LogP contribution in [0, 0.1) is 0 Å². The van der Waals surface area contributed by atoms with E-state index in [4.69, 9.17) is 15.2 Å². The summed E-state index contributed by atoms with van der Waals surface area (Å²) in [7, 11) is -2.19. The molecule has 1 saturated heterocycles. The lowest BCUT2D eigenvalue weighted by Crippen LogP contribution is -2.36. The molecule has 2 aliphatic heterocycles. The zero-order chi connectivity index (χ0) is 20.9. The van der Waals surface area contributed by atoms with Crippen molar-refractivity contribution >= 4 is 30.6 Å². The summed E-state index contributed by atoms with van der Waals surface area (Å²) in [5, 5.41) is 4.20. The van der Waals surface area contributed by atoms with Crippen molar-refractivity contribution in [2.24, 2.45) is 5.73 Å². The van der Waals surface area contributed by atoms with Gasteiger partial charge in [0.1, 0.15) is 18.0 Å². The number of amides is 2. The second-order valence-electron chi connectivity index (χ2n) is 8.00. The van der Waals surface area contributed by atoms with Crippen molar-refractivity contribution in [3.8, 4) is 11.6 Å². The Morgan fingerprint density at radius 3 is 2.97 bits per heavy atom. The van der Waals surface area contributed by atoms with E-state index in [2.05, 4.69) is 10.3 Å². The lowest BCUT2D eigenvalue weighted by atomic mass is 9.95. The van der Waals surface area contributed by atoms with Gasteiger partial charge in [0.15, 0.2) is 8.23 Å². The Hall–Kier alpha value is -2.47. The molecule has 3 atom stereocenters. The van der Waals surface area contributed by atoms with E-state index in [0.717, 1.165) is 16.3 Å². The molecule has 3 N–H and O–H groups in total. The molecular weight excluding hydrogens is 396 g/mol. The maximum Gasteiger partial charge on any atom is 0.275 e. The SMILES string of the molecule is CCC1C(COc2nccc3cc(C(N)=O)c4c(c23)CC(C)(C)O4)NC(=O)P1F. The molecule has 2 amide bonds. The molecule has 2 aromatic rings. The molecule has 2 aliphatic rings. The number of carbonyl (C=O) groups is 2. The Bertz CT molecular complexity index is 1010. The normalized spacial score (nSPS) is 24.8. The summed E-state index contributed by atoms with van der Waals surface area (Å²) in [5.74, 6) is 0.270. The van der Waals surface area contributed by atoms with E-state index >= 15 is 0 Å². The number of primary amides is 1. The minimum atomic E-state index is -2.19. The van der Waals surface area contributed by atoms with Gasteiger partial charge in [-0.15, -0.1) is 0 Å². The van der Waals surface area contributed by atoms with Crippen molar-refractivity contribution in [1.29, 1.82) is 0 Å². The van der Waals surface area contributed by atoms with Crippen LogP contribution in [-0.4, -0.2) is 40.4 Å². The number of hydrogen-bond donors (Lipinski definition) is 2. The number of nitrogens with zero attached hydrogens (tertiary/aromatic N) is 1. The van der Waals surface area contributed by atoms with Crippen molar-refractivity contribution < 1.29 is 23.3 Å². The highest BCUT2D eigenvalue weighted by atomic mass is 31.2. The third-order valence-corrected chi connectivity index (χ3v) is 7.22. The van der Waals surface area contributed by atoms with Gasteiger partial charge in [0.05, 0.1) is 17.0 Å². The largest absolute Gasteiger partial charge is 0.486 e. The van der Waals surface area contributed by atoms with E-state index in [1.165, 1.54) is 0 Å². The summed E-state index contributed by atoms with van der Waals surface area (Å²) in [4.78, 5) is 28.0. The Kier molecular flexibility index (Phi) is 4.85. The van der Waals surface area contributed by atoms with Crippen molar-refractivity contribution in [2.45, 2.75) is 50.9 Å². The first-order valence-electron chi connectivity index (χ1n) is 9.53. The van der Waals surface area contributed by atoms with Gasteiger partial charge >= 0.3 is 0 Å². The number of benzene rings is 1. The number of pyridine rings is 1. The third kappa shape index (κ3) is 3.39. The predicted molar refractivity (Wildman–Crippen MR) is 109 cm³/mol. The van der Waals surface area contributed by atoms with Gasteiger partial charge in [-0.2, -0.15) is 0 Å². The Balaban J connectivity index is 1.72. The molecule has 3 heterocycles. The van der Waals surface area contributed by atoms with Crippen molar-refractivity contribution in [1.82, 2.24) is 10.3 Å². The molecule has 9 heteroatoms. The number of fused-ring (bicyclic) bond motifs is 3. The number of rotatable bonds is 5. The molecule has 3 unspecified atom stereocenters. The number of hydrogen-bond acceptors (Lipinski definition) is 5. The predicted octanol–water partition coefficient (Wildman–Crippen LogP) is 3.66. The van der Waals surface area contributed by atoms with Gasteiger partial charge in [0, 0.05) is 23.8 Å². The minimum Gasteiger partial charge on any atom is -0.486 e. The lowest BCUT2D eigenvalue weighted by Gasteiger charge is -2.19. The maximum atomic E-state index is 14.1. The molecule has 0 radical (unpaired) electrons. The van der Waals surface area contributed by atoms with Crippen LogP contribution >= 0.6 is 8.23 Å². The first-order valence-corrected chi connectivity index (χ1v) is 10.8. The summed E-state index contributed by atoms with van der Waals surface area (Å²) in [6, 6.07) is 3.07. The van der Waals surface area contributed by atoms with E-state index in [1.54, 1.807) is 18.3 Å². The first-order chi connectivity index (χ1) is 13.7. The highest BCUT2D eigenvalue weighted by Gasteiger charge is 2.43. The standard InChI is InChI=1S/C20H23FN3O4P/c1-4-14-13(24-19(26)29(14)21)9-27-18-15-10(5-6-23-18)7-11(17(22)25)16-12(15)8-20(2,3)28-16/h5-7,13-14H,4,8-9H2,1-3H3,(H2,22,25)(H,24,26). The second kappa shape index (κ2) is 7.10. The van der Waals surface area contributed by atoms with Crippen LogP contribution in [0.4, 0.5) is 8.99 Å². The molecule has 0 bridgehead atoms. The molecule has 0 aliphatic carbocycles. The quantitative estimate of drug-likeness (QED) is 0.720. The third-order valence-electron chi connectivity index (χ3n) is 5.39. The highest BCUT2D eigenvalue weighted by Crippen LogP contribution is 2.51. The summed E-state index contributed by atoms with van der Waals surface area (Å²) in [6.07, 6.45) is 2.70. The van der Waals surface area contributed by atoms with E-state index in [1.807, 2.05) is 20.8 Å². The fourth-order valence-electron chi connectivity index (χ4n) is 4.08. The van der Waals surface area contributed by atoms with E-state index in [9.17, 15) is 13.8 Å². The monoisotopic (exact) mass is 419 g/mol. The molecule has 1 fully saturated rings. The average molecular weight is 419 g/mol. The molecule has 1 aromatic heterocycles. The number of ether oxygens (including phenoxy) is 2. The highest BCUT2D eigenvalue weighted by molar-refractivity contribution is 7.71. The van der Waals surface area contributed by atoms with Crippen LogP contribution in [0.2, 0.25) is 0 Å². The summed E-state index contributed by atoms with van der Waals surface area (Å²) in [6.45, 7) is 5.85. The van der Waals surface area contributed by atoms with Crippen molar-refractivity contribution in [3.05, 3.63) is 29.5 Å². The van der Waals surface area contributed by atoms with Gasteiger partial charge in [-0.05, 0) is 37.8 Å². The van der Waals surface area contributed by atoms with Crippen molar-refractivity contribution in [3.63, 3.8) is 0 Å². The molecule has 4 rings (SSSR count). The van der Waals surface area contributed by atoms with Gasteiger partial charge in [-0.3, -0.25) is 9.59 Å². The van der Waals surface area contributed by atoms with E-state index in [0.29, 0.717) is 30.0 Å². The fraction of sp³-hybridized carbons (Fsp3) is 0.450. The summed E-state index contributed by atoms with van der Waals surface area (Å²) >= 11 is 0. The Labute approximate surface area is 169 Å². The summed E-state index contributed by atoms with van der Waals surface area (Å²) < 4.78 is 26.1. The van der Waals surface area contributed by atoms with E-state index in [-0.39, 0.29) is 12.3 Å². The lowest BCUT2D eigenvalue weighted by molar-refractivity contribution is 0.0985. The van der Waals surface area contributed by atoms with Gasteiger partial charge in [0.2, 0.25) is 5.88 Å². The zero-order valence-electron chi connectivity index (χ0n) is 16.5. The average Bonchev–Trinajstić information content (AvgIpc) is 3.13. The molecular formula is C20H23FN3O4P. The van der Waals surface area contributed by atoms with Gasteiger partial charge in [0.25, 0.3) is 11.6 Å². The molecule has 29 heavy (non-hydrogen) atoms. The van der Waals surface area contributed by atoms with E-state index < -0.39 is 31.4 Å². The molecule has 154 valence electrons.